The van der Waals surface area contributed by atoms with Crippen molar-refractivity contribution in [3.05, 3.63) is 0 Å². The molecule has 1 aliphatic carbocycles. The molecule has 1 fully saturated rings. The van der Waals surface area contributed by atoms with E-state index >= 15 is 0 Å². The molecular formula is C17H35N3O. The van der Waals surface area contributed by atoms with E-state index in [-0.39, 0.29) is 5.91 Å². The maximum Gasteiger partial charge on any atom is 0.237 e. The van der Waals surface area contributed by atoms with Crippen molar-refractivity contribution >= 4 is 5.91 Å². The van der Waals surface area contributed by atoms with Crippen LogP contribution in [0.4, 0.5) is 0 Å². The number of likely N-dealkylation sites (N-methyl/N-ethyl adjacent to an activating group) is 1. The van der Waals surface area contributed by atoms with Crippen LogP contribution in [0, 0.1) is 0 Å². The number of nitrogens with zero attached hydrogens (tertiary/aromatic N) is 1. The summed E-state index contributed by atoms with van der Waals surface area (Å²) in [6.45, 7) is 10.8. The molecule has 2 atom stereocenters. The predicted molar refractivity (Wildman–Crippen MR) is 89.2 cm³/mol. The number of nitrogens with one attached hydrogen (secondary N) is 1. The number of carbonyl (C=O) groups is 1. The van der Waals surface area contributed by atoms with Crippen LogP contribution in [0.2, 0.25) is 0 Å². The van der Waals surface area contributed by atoms with Crippen LogP contribution in [0.15, 0.2) is 0 Å². The van der Waals surface area contributed by atoms with Gasteiger partial charge < -0.3 is 11.1 Å². The van der Waals surface area contributed by atoms with Gasteiger partial charge in [0.15, 0.2) is 0 Å². The Morgan fingerprint density at radius 3 is 2.62 bits per heavy atom. The van der Waals surface area contributed by atoms with Crippen LogP contribution in [0.5, 0.6) is 0 Å². The Labute approximate surface area is 130 Å². The van der Waals surface area contributed by atoms with E-state index in [4.69, 9.17) is 5.73 Å². The van der Waals surface area contributed by atoms with Crippen molar-refractivity contribution in [2.45, 2.75) is 90.3 Å². The van der Waals surface area contributed by atoms with E-state index in [0.717, 1.165) is 32.4 Å². The quantitative estimate of drug-likeness (QED) is 0.643. The van der Waals surface area contributed by atoms with Gasteiger partial charge in [0.1, 0.15) is 0 Å². The minimum atomic E-state index is -0.491. The second-order valence-electron chi connectivity index (χ2n) is 6.77. The molecule has 3 N–H and O–H groups in total. The second kappa shape index (κ2) is 8.74. The van der Waals surface area contributed by atoms with Crippen molar-refractivity contribution in [1.82, 2.24) is 10.2 Å². The van der Waals surface area contributed by atoms with E-state index in [9.17, 15) is 4.79 Å². The van der Waals surface area contributed by atoms with Crippen molar-refractivity contribution in [3.8, 4) is 0 Å². The molecule has 0 radical (unpaired) electrons. The molecule has 124 valence electrons. The molecule has 0 aromatic heterocycles. The van der Waals surface area contributed by atoms with Crippen molar-refractivity contribution < 1.29 is 4.79 Å². The van der Waals surface area contributed by atoms with E-state index in [2.05, 4.69) is 37.9 Å². The third kappa shape index (κ3) is 4.96. The molecular weight excluding hydrogens is 262 g/mol. The number of carbonyl (C=O) groups excluding carboxylic acids is 1. The first-order chi connectivity index (χ1) is 9.96. The van der Waals surface area contributed by atoms with Gasteiger partial charge in [0.2, 0.25) is 5.91 Å². The monoisotopic (exact) mass is 297 g/mol. The molecule has 0 aliphatic heterocycles. The van der Waals surface area contributed by atoms with Gasteiger partial charge in [0.05, 0.1) is 5.54 Å². The topological polar surface area (TPSA) is 58.4 Å². The summed E-state index contributed by atoms with van der Waals surface area (Å²) in [4.78, 5) is 14.6. The summed E-state index contributed by atoms with van der Waals surface area (Å²) >= 11 is 0. The average Bonchev–Trinajstić information content (AvgIpc) is 2.43. The Kier molecular flexibility index (Phi) is 7.67. The molecule has 0 bridgehead atoms. The third-order valence-corrected chi connectivity index (χ3v) is 4.86. The van der Waals surface area contributed by atoms with E-state index in [1.54, 1.807) is 0 Å². The number of primary amides is 1. The summed E-state index contributed by atoms with van der Waals surface area (Å²) in [6, 6.07) is 0.999. The highest BCUT2D eigenvalue weighted by atomic mass is 16.1. The molecule has 1 aliphatic rings. The van der Waals surface area contributed by atoms with Gasteiger partial charge in [-0.2, -0.15) is 0 Å². The molecule has 1 rings (SSSR count). The van der Waals surface area contributed by atoms with E-state index in [1.165, 1.54) is 25.7 Å². The molecule has 0 heterocycles. The third-order valence-electron chi connectivity index (χ3n) is 4.86. The molecule has 0 saturated heterocycles. The fraction of sp³-hybridized carbons (Fsp3) is 0.941. The fourth-order valence-electron chi connectivity index (χ4n) is 3.75. The van der Waals surface area contributed by atoms with Crippen LogP contribution < -0.4 is 11.1 Å². The first kappa shape index (κ1) is 18.4. The lowest BCUT2D eigenvalue weighted by atomic mass is 9.77. The van der Waals surface area contributed by atoms with Crippen molar-refractivity contribution in [1.29, 1.82) is 0 Å². The highest BCUT2D eigenvalue weighted by molar-refractivity contribution is 5.84. The number of nitrogens with two attached hydrogens (primary N) is 1. The van der Waals surface area contributed by atoms with Crippen LogP contribution >= 0.6 is 0 Å². The van der Waals surface area contributed by atoms with Crippen LogP contribution in [0.1, 0.15) is 72.6 Å². The van der Waals surface area contributed by atoms with Gasteiger partial charge in [0, 0.05) is 12.1 Å². The summed E-state index contributed by atoms with van der Waals surface area (Å²) < 4.78 is 0. The van der Waals surface area contributed by atoms with Gasteiger partial charge in [-0.15, -0.1) is 0 Å². The molecule has 0 aromatic carbocycles. The summed E-state index contributed by atoms with van der Waals surface area (Å²) in [5.74, 6) is -0.175. The first-order valence-corrected chi connectivity index (χ1v) is 8.77. The normalized spacial score (nSPS) is 26.5. The lowest BCUT2D eigenvalue weighted by Gasteiger charge is -2.45. The zero-order valence-corrected chi connectivity index (χ0v) is 14.5. The Bertz CT molecular complexity index is 315. The zero-order valence-electron chi connectivity index (χ0n) is 14.5. The van der Waals surface area contributed by atoms with Crippen LogP contribution in [-0.4, -0.2) is 41.5 Å². The number of hydrogen-bond donors (Lipinski definition) is 2. The highest BCUT2D eigenvalue weighted by Gasteiger charge is 2.42. The van der Waals surface area contributed by atoms with E-state index in [0.29, 0.717) is 12.1 Å². The largest absolute Gasteiger partial charge is 0.368 e. The Balaban J connectivity index is 2.76. The Morgan fingerprint density at radius 2 is 2.10 bits per heavy atom. The molecule has 4 nitrogen and oxygen atoms in total. The van der Waals surface area contributed by atoms with Crippen LogP contribution in [0.25, 0.3) is 0 Å². The molecule has 4 heteroatoms. The van der Waals surface area contributed by atoms with Crippen molar-refractivity contribution in [2.75, 3.05) is 13.1 Å². The van der Waals surface area contributed by atoms with Crippen molar-refractivity contribution in [2.24, 2.45) is 5.73 Å². The Morgan fingerprint density at radius 1 is 1.38 bits per heavy atom. The summed E-state index contributed by atoms with van der Waals surface area (Å²) in [6.07, 6.45) is 7.79. The van der Waals surface area contributed by atoms with Crippen molar-refractivity contribution in [3.63, 3.8) is 0 Å². The van der Waals surface area contributed by atoms with Gasteiger partial charge >= 0.3 is 0 Å². The van der Waals surface area contributed by atoms with Crippen LogP contribution in [0.3, 0.4) is 0 Å². The SMILES string of the molecule is CCCCCN(C(C)C)C1CCCC(NCC)(C(N)=O)C1. The maximum atomic E-state index is 12.0. The highest BCUT2D eigenvalue weighted by Crippen LogP contribution is 2.32. The molecule has 0 aromatic rings. The van der Waals surface area contributed by atoms with E-state index in [1.807, 2.05) is 0 Å². The molecule has 2 unspecified atom stereocenters. The number of unbranched alkanes of at least 4 members (excludes halogenated alkanes) is 2. The minimum absolute atomic E-state index is 0.175. The lowest BCUT2D eigenvalue weighted by molar-refractivity contribution is -0.127. The van der Waals surface area contributed by atoms with Gasteiger partial charge in [-0.05, 0) is 59.0 Å². The summed E-state index contributed by atoms with van der Waals surface area (Å²) in [5.41, 5.74) is 5.24. The van der Waals surface area contributed by atoms with Gasteiger partial charge in [0.25, 0.3) is 0 Å². The van der Waals surface area contributed by atoms with Crippen LogP contribution in [-0.2, 0) is 4.79 Å². The molecule has 1 saturated carbocycles. The van der Waals surface area contributed by atoms with E-state index < -0.39 is 5.54 Å². The van der Waals surface area contributed by atoms with Gasteiger partial charge in [-0.25, -0.2) is 0 Å². The lowest BCUT2D eigenvalue weighted by Crippen LogP contribution is -2.61. The minimum Gasteiger partial charge on any atom is -0.368 e. The summed E-state index contributed by atoms with van der Waals surface area (Å²) in [7, 11) is 0. The maximum absolute atomic E-state index is 12.0. The zero-order chi connectivity index (χ0) is 15.9. The number of hydrogen-bond acceptors (Lipinski definition) is 3. The average molecular weight is 297 g/mol. The Hall–Kier alpha value is -0.610. The van der Waals surface area contributed by atoms with Gasteiger partial charge in [-0.3, -0.25) is 9.69 Å². The molecule has 21 heavy (non-hydrogen) atoms. The second-order valence-corrected chi connectivity index (χ2v) is 6.77. The van der Waals surface area contributed by atoms with Gasteiger partial charge in [-0.1, -0.05) is 26.7 Å². The fourth-order valence-corrected chi connectivity index (χ4v) is 3.75. The predicted octanol–water partition coefficient (Wildman–Crippen LogP) is 2.66. The number of rotatable bonds is 9. The smallest absolute Gasteiger partial charge is 0.237 e. The molecule has 0 spiro atoms. The summed E-state index contributed by atoms with van der Waals surface area (Å²) in [5, 5.41) is 3.39. The standard InChI is InChI=1S/C17H35N3O/c1-5-7-8-12-20(14(3)4)15-10-9-11-17(13-15,16(18)21)19-6-2/h14-15,19H,5-13H2,1-4H3,(H2,18,21). The number of amides is 1. The molecule has 1 amide bonds. The first-order valence-electron chi connectivity index (χ1n) is 8.77.